The van der Waals surface area contributed by atoms with Crippen LogP contribution in [-0.2, 0) is 14.3 Å². The van der Waals surface area contributed by atoms with Gasteiger partial charge < -0.3 is 10.1 Å². The lowest BCUT2D eigenvalue weighted by atomic mass is 10.1. The molecule has 0 unspecified atom stereocenters. The number of halogens is 1. The summed E-state index contributed by atoms with van der Waals surface area (Å²) in [6.45, 7) is 4.05. The van der Waals surface area contributed by atoms with Gasteiger partial charge in [-0.15, -0.1) is 11.8 Å². The fourth-order valence-corrected chi connectivity index (χ4v) is 2.43. The van der Waals surface area contributed by atoms with Crippen molar-refractivity contribution < 1.29 is 14.3 Å². The van der Waals surface area contributed by atoms with Crippen molar-refractivity contribution in [3.8, 4) is 0 Å². The van der Waals surface area contributed by atoms with Gasteiger partial charge in [0.2, 0.25) is 5.91 Å². The van der Waals surface area contributed by atoms with E-state index in [1.807, 2.05) is 31.2 Å². The van der Waals surface area contributed by atoms with Gasteiger partial charge in [-0.3, -0.25) is 9.59 Å². The van der Waals surface area contributed by atoms with E-state index in [1.54, 1.807) is 6.92 Å². The number of ether oxygens (including phenoxy) is 1. The first-order valence-corrected chi connectivity index (χ1v) is 8.26. The summed E-state index contributed by atoms with van der Waals surface area (Å²) in [5.74, 6) is 0.0779. The molecule has 0 radical (unpaired) electrons. The smallest absolute Gasteiger partial charge is 0.315 e. The lowest BCUT2D eigenvalue weighted by molar-refractivity contribution is -0.139. The molecule has 0 bridgehead atoms. The maximum Gasteiger partial charge on any atom is 0.315 e. The first-order chi connectivity index (χ1) is 9.52. The number of thioether (sulfide) groups is 1. The highest BCUT2D eigenvalue weighted by molar-refractivity contribution is 9.10. The summed E-state index contributed by atoms with van der Waals surface area (Å²) in [7, 11) is 0. The van der Waals surface area contributed by atoms with E-state index in [0.29, 0.717) is 6.61 Å². The van der Waals surface area contributed by atoms with Crippen LogP contribution in [0.25, 0.3) is 0 Å². The van der Waals surface area contributed by atoms with Crippen LogP contribution in [0.2, 0.25) is 0 Å². The van der Waals surface area contributed by atoms with E-state index in [2.05, 4.69) is 21.2 Å². The monoisotopic (exact) mass is 359 g/mol. The Morgan fingerprint density at radius 2 is 1.95 bits per heavy atom. The molecule has 0 saturated heterocycles. The Morgan fingerprint density at radius 1 is 1.30 bits per heavy atom. The Morgan fingerprint density at radius 3 is 2.55 bits per heavy atom. The molecule has 1 aromatic rings. The Labute approximate surface area is 131 Å². The fourth-order valence-electron chi connectivity index (χ4n) is 1.55. The zero-order valence-corrected chi connectivity index (χ0v) is 13.9. The van der Waals surface area contributed by atoms with Gasteiger partial charge in [0.25, 0.3) is 0 Å². The maximum atomic E-state index is 11.7. The summed E-state index contributed by atoms with van der Waals surface area (Å²) in [6.07, 6.45) is 0. The number of hydrogen-bond donors (Lipinski definition) is 1. The van der Waals surface area contributed by atoms with Crippen LogP contribution in [0.3, 0.4) is 0 Å². The van der Waals surface area contributed by atoms with Gasteiger partial charge in [-0.2, -0.15) is 0 Å². The average Bonchev–Trinajstić information content (AvgIpc) is 2.39. The summed E-state index contributed by atoms with van der Waals surface area (Å²) < 4.78 is 5.79. The van der Waals surface area contributed by atoms with Gasteiger partial charge in [0.1, 0.15) is 0 Å². The summed E-state index contributed by atoms with van der Waals surface area (Å²) in [5.41, 5.74) is 1.04. The first kappa shape index (κ1) is 17.0. The minimum absolute atomic E-state index is 0.0567. The number of nitrogens with one attached hydrogen (secondary N) is 1. The maximum absolute atomic E-state index is 11.7. The molecule has 1 amide bonds. The van der Waals surface area contributed by atoms with Crippen molar-refractivity contribution >= 4 is 39.6 Å². The first-order valence-electron chi connectivity index (χ1n) is 6.31. The average molecular weight is 360 g/mol. The summed E-state index contributed by atoms with van der Waals surface area (Å²) in [5, 5.41) is 2.89. The van der Waals surface area contributed by atoms with Gasteiger partial charge in [0.05, 0.1) is 24.2 Å². The van der Waals surface area contributed by atoms with Crippen LogP contribution in [0.5, 0.6) is 0 Å². The second-order valence-electron chi connectivity index (χ2n) is 4.14. The standard InChI is InChI=1S/C14H18BrNO3S/c1-3-19-14(18)9-20-8-13(17)16-10(2)11-4-6-12(15)7-5-11/h4-7,10H,3,8-9H2,1-2H3,(H,16,17)/t10-/m0/s1. The van der Waals surface area contributed by atoms with E-state index in [1.165, 1.54) is 11.8 Å². The molecule has 1 N–H and O–H groups in total. The molecule has 4 nitrogen and oxygen atoms in total. The van der Waals surface area contributed by atoms with E-state index in [9.17, 15) is 9.59 Å². The van der Waals surface area contributed by atoms with E-state index >= 15 is 0 Å². The van der Waals surface area contributed by atoms with Crippen LogP contribution < -0.4 is 5.32 Å². The molecule has 20 heavy (non-hydrogen) atoms. The predicted molar refractivity (Wildman–Crippen MR) is 84.7 cm³/mol. The topological polar surface area (TPSA) is 55.4 Å². The van der Waals surface area contributed by atoms with Crippen molar-refractivity contribution in [2.24, 2.45) is 0 Å². The van der Waals surface area contributed by atoms with Crippen molar-refractivity contribution in [2.75, 3.05) is 18.1 Å². The van der Waals surface area contributed by atoms with Crippen molar-refractivity contribution in [1.82, 2.24) is 5.32 Å². The molecule has 0 heterocycles. The normalized spacial score (nSPS) is 11.8. The Balaban J connectivity index is 2.31. The van der Waals surface area contributed by atoms with Crippen molar-refractivity contribution in [3.05, 3.63) is 34.3 Å². The van der Waals surface area contributed by atoms with Gasteiger partial charge in [-0.25, -0.2) is 0 Å². The van der Waals surface area contributed by atoms with Crippen molar-refractivity contribution in [1.29, 1.82) is 0 Å². The summed E-state index contributed by atoms with van der Waals surface area (Å²) in [6, 6.07) is 7.74. The molecule has 110 valence electrons. The van der Waals surface area contributed by atoms with Gasteiger partial charge in [0, 0.05) is 4.47 Å². The van der Waals surface area contributed by atoms with Crippen LogP contribution in [0.15, 0.2) is 28.7 Å². The zero-order valence-electron chi connectivity index (χ0n) is 11.5. The minimum atomic E-state index is -0.286. The van der Waals surface area contributed by atoms with Gasteiger partial charge >= 0.3 is 5.97 Å². The molecule has 0 aromatic heterocycles. The minimum Gasteiger partial charge on any atom is -0.465 e. The van der Waals surface area contributed by atoms with Gasteiger partial charge in [-0.1, -0.05) is 28.1 Å². The number of rotatable bonds is 7. The molecule has 1 rings (SSSR count). The number of carbonyl (C=O) groups is 2. The molecule has 1 aromatic carbocycles. The summed E-state index contributed by atoms with van der Waals surface area (Å²) in [4.78, 5) is 22.9. The van der Waals surface area contributed by atoms with Crippen LogP contribution in [0.4, 0.5) is 0 Å². The largest absolute Gasteiger partial charge is 0.465 e. The molecule has 0 aliphatic heterocycles. The fraction of sp³-hybridized carbons (Fsp3) is 0.429. The SMILES string of the molecule is CCOC(=O)CSCC(=O)N[C@@H](C)c1ccc(Br)cc1. The highest BCUT2D eigenvalue weighted by Gasteiger charge is 2.10. The zero-order chi connectivity index (χ0) is 15.0. The van der Waals surface area contributed by atoms with Crippen molar-refractivity contribution in [2.45, 2.75) is 19.9 Å². The third-order valence-corrected chi connectivity index (χ3v) is 3.94. The van der Waals surface area contributed by atoms with Gasteiger partial charge in [-0.05, 0) is 31.5 Å². The Kier molecular flexibility index (Phi) is 7.69. The molecule has 0 aliphatic carbocycles. The van der Waals surface area contributed by atoms with Crippen molar-refractivity contribution in [3.63, 3.8) is 0 Å². The highest BCUT2D eigenvalue weighted by atomic mass is 79.9. The molecule has 0 fully saturated rings. The molecule has 0 saturated carbocycles. The summed E-state index contributed by atoms with van der Waals surface area (Å²) >= 11 is 4.63. The third-order valence-electron chi connectivity index (χ3n) is 2.51. The molecular weight excluding hydrogens is 342 g/mol. The van der Waals surface area contributed by atoms with E-state index in [-0.39, 0.29) is 29.4 Å². The molecule has 0 spiro atoms. The second-order valence-corrected chi connectivity index (χ2v) is 6.04. The Hall–Kier alpha value is -1.01. The van der Waals surface area contributed by atoms with Crippen LogP contribution in [0, 0.1) is 0 Å². The van der Waals surface area contributed by atoms with Crippen LogP contribution in [0.1, 0.15) is 25.5 Å². The molecule has 6 heteroatoms. The molecular formula is C14H18BrNO3S. The number of hydrogen-bond acceptors (Lipinski definition) is 4. The van der Waals surface area contributed by atoms with Crippen LogP contribution in [-0.4, -0.2) is 30.0 Å². The number of carbonyl (C=O) groups excluding carboxylic acids is 2. The number of benzene rings is 1. The molecule has 1 atom stereocenters. The number of amides is 1. The second kappa shape index (κ2) is 9.02. The van der Waals surface area contributed by atoms with E-state index in [0.717, 1.165) is 10.0 Å². The highest BCUT2D eigenvalue weighted by Crippen LogP contribution is 2.16. The van der Waals surface area contributed by atoms with Gasteiger partial charge in [0.15, 0.2) is 0 Å². The van der Waals surface area contributed by atoms with E-state index < -0.39 is 0 Å². The Bertz CT molecular complexity index is 450. The van der Waals surface area contributed by atoms with Crippen LogP contribution >= 0.6 is 27.7 Å². The number of esters is 1. The molecule has 0 aliphatic rings. The third kappa shape index (κ3) is 6.43. The predicted octanol–water partition coefficient (Wildman–Crippen LogP) is 2.92. The van der Waals surface area contributed by atoms with E-state index in [4.69, 9.17) is 4.74 Å². The lowest BCUT2D eigenvalue weighted by Crippen LogP contribution is -2.28. The lowest BCUT2D eigenvalue weighted by Gasteiger charge is -2.14. The quantitative estimate of drug-likeness (QED) is 0.760.